The van der Waals surface area contributed by atoms with Crippen LogP contribution in [0.5, 0.6) is 0 Å². The van der Waals surface area contributed by atoms with Crippen molar-refractivity contribution in [2.24, 2.45) is 4.99 Å². The lowest BCUT2D eigenvalue weighted by Crippen LogP contribution is -2.39. The fourth-order valence-electron chi connectivity index (χ4n) is 3.15. The van der Waals surface area contributed by atoms with Crippen LogP contribution in [-0.4, -0.2) is 28.7 Å². The van der Waals surface area contributed by atoms with Gasteiger partial charge >= 0.3 is 0 Å². The van der Waals surface area contributed by atoms with Crippen molar-refractivity contribution < 1.29 is 9.13 Å². The van der Waals surface area contributed by atoms with Crippen LogP contribution in [0.2, 0.25) is 0 Å². The summed E-state index contributed by atoms with van der Waals surface area (Å²) in [5.74, 6) is 0.554. The fraction of sp³-hybridized carbons (Fsp3) is 0.250. The van der Waals surface area contributed by atoms with E-state index in [4.69, 9.17) is 4.74 Å². The van der Waals surface area contributed by atoms with Crippen molar-refractivity contribution >= 4 is 17.4 Å². The van der Waals surface area contributed by atoms with Gasteiger partial charge in [-0.3, -0.25) is 4.98 Å². The molecule has 0 bridgehead atoms. The second-order valence-corrected chi connectivity index (χ2v) is 6.40. The van der Waals surface area contributed by atoms with E-state index in [0.29, 0.717) is 30.4 Å². The third-order valence-electron chi connectivity index (χ3n) is 4.62. The first-order valence-corrected chi connectivity index (χ1v) is 9.08. The Labute approximate surface area is 161 Å². The highest BCUT2D eigenvalue weighted by atomic mass is 19.1. The minimum absolute atomic E-state index is 0.377. The Morgan fingerprint density at radius 3 is 2.82 bits per heavy atom. The van der Waals surface area contributed by atoms with Gasteiger partial charge in [0, 0.05) is 23.9 Å². The zero-order valence-corrected chi connectivity index (χ0v) is 15.7. The van der Waals surface area contributed by atoms with Crippen molar-refractivity contribution in [1.29, 1.82) is 0 Å². The number of H-pyrrole nitrogens is 1. The molecule has 0 aromatic carbocycles. The van der Waals surface area contributed by atoms with Crippen LogP contribution in [0.15, 0.2) is 41.7 Å². The standard InChI is InChI=1S/C20H21FN6O/c1-3-14-5-6-15(10-22-14)26-16-7-4-12(18(21)27-16)8-13-9-23-19-17(13)20(28-2)25-11-24-19/h4-7,9-10,25H,3,8,11H2,1-2H3,(H,23,24)(H,26,27). The van der Waals surface area contributed by atoms with Crippen molar-refractivity contribution in [3.05, 3.63) is 70.1 Å². The summed E-state index contributed by atoms with van der Waals surface area (Å²) in [6.45, 7) is 2.49. The highest BCUT2D eigenvalue weighted by Crippen LogP contribution is 2.17. The number of nitrogens with one attached hydrogen (secondary N) is 3. The molecule has 0 unspecified atom stereocenters. The van der Waals surface area contributed by atoms with Gasteiger partial charge in [0.1, 0.15) is 18.0 Å². The van der Waals surface area contributed by atoms with E-state index in [-0.39, 0.29) is 0 Å². The maximum atomic E-state index is 14.6. The molecule has 3 N–H and O–H groups in total. The molecular formula is C20H21FN6O. The zero-order valence-electron chi connectivity index (χ0n) is 15.7. The van der Waals surface area contributed by atoms with Crippen LogP contribution in [-0.2, 0) is 17.6 Å². The van der Waals surface area contributed by atoms with Gasteiger partial charge in [-0.15, -0.1) is 0 Å². The first-order valence-electron chi connectivity index (χ1n) is 9.08. The van der Waals surface area contributed by atoms with Gasteiger partial charge < -0.3 is 20.4 Å². The summed E-state index contributed by atoms with van der Waals surface area (Å²) in [4.78, 5) is 15.8. The van der Waals surface area contributed by atoms with Gasteiger partial charge in [0.05, 0.1) is 24.2 Å². The van der Waals surface area contributed by atoms with Crippen LogP contribution < -0.4 is 21.3 Å². The molecule has 4 heterocycles. The van der Waals surface area contributed by atoms with Crippen LogP contribution in [0.3, 0.4) is 0 Å². The van der Waals surface area contributed by atoms with Crippen molar-refractivity contribution in [2.75, 3.05) is 19.1 Å². The van der Waals surface area contributed by atoms with Crippen LogP contribution in [0.1, 0.15) is 23.7 Å². The summed E-state index contributed by atoms with van der Waals surface area (Å²) < 4.78 is 20.0. The summed E-state index contributed by atoms with van der Waals surface area (Å²) in [6, 6.07) is 7.34. The number of halogens is 1. The second kappa shape index (κ2) is 7.67. The Morgan fingerprint density at radius 1 is 1.21 bits per heavy atom. The SMILES string of the molecule is CCc1ccc(Nc2ccc(Cc3c[nH]c4c3=C(OC)NCN=4)c(F)n2)cn1. The zero-order chi connectivity index (χ0) is 19.5. The monoisotopic (exact) mass is 380 g/mol. The molecule has 0 atom stereocenters. The molecule has 1 aliphatic heterocycles. The van der Waals surface area contributed by atoms with Gasteiger partial charge in [-0.25, -0.2) is 9.98 Å². The van der Waals surface area contributed by atoms with E-state index in [0.717, 1.165) is 34.1 Å². The molecule has 0 aliphatic carbocycles. The number of ether oxygens (including phenoxy) is 1. The van der Waals surface area contributed by atoms with Crippen molar-refractivity contribution in [3.8, 4) is 0 Å². The van der Waals surface area contributed by atoms with E-state index in [2.05, 4.69) is 30.6 Å². The van der Waals surface area contributed by atoms with Crippen LogP contribution in [0, 0.1) is 5.95 Å². The Balaban J connectivity index is 1.57. The third kappa shape index (κ3) is 3.53. The molecule has 0 amide bonds. The number of rotatable bonds is 6. The molecule has 7 nitrogen and oxygen atoms in total. The van der Waals surface area contributed by atoms with Gasteiger partial charge in [0.25, 0.3) is 0 Å². The molecule has 0 spiro atoms. The average molecular weight is 380 g/mol. The number of pyridine rings is 2. The Kier molecular flexibility index (Phi) is 4.92. The summed E-state index contributed by atoms with van der Waals surface area (Å²) in [6.07, 6.45) is 4.79. The summed E-state index contributed by atoms with van der Waals surface area (Å²) in [5.41, 5.74) is 3.89. The Hall–Kier alpha value is -3.42. The normalized spacial score (nSPS) is 12.8. The number of nitrogens with zero attached hydrogens (tertiary/aromatic N) is 3. The minimum atomic E-state index is -0.516. The molecule has 28 heavy (non-hydrogen) atoms. The van der Waals surface area contributed by atoms with Gasteiger partial charge in [0.2, 0.25) is 5.95 Å². The van der Waals surface area contributed by atoms with E-state index in [9.17, 15) is 4.39 Å². The lowest BCUT2D eigenvalue weighted by molar-refractivity contribution is 0.334. The summed E-state index contributed by atoms with van der Waals surface area (Å²) in [5, 5.41) is 6.99. The maximum Gasteiger partial charge on any atom is 0.218 e. The lowest BCUT2D eigenvalue weighted by atomic mass is 10.1. The first kappa shape index (κ1) is 18.0. The molecule has 3 aromatic heterocycles. The molecule has 0 fully saturated rings. The first-order chi connectivity index (χ1) is 13.7. The van der Waals surface area contributed by atoms with Gasteiger partial charge in [-0.1, -0.05) is 13.0 Å². The molecule has 3 aromatic rings. The molecule has 0 radical (unpaired) electrons. The minimum Gasteiger partial charge on any atom is -0.482 e. The van der Waals surface area contributed by atoms with Crippen LogP contribution >= 0.6 is 0 Å². The van der Waals surface area contributed by atoms with Crippen LogP contribution in [0.4, 0.5) is 15.9 Å². The predicted molar refractivity (Wildman–Crippen MR) is 104 cm³/mol. The van der Waals surface area contributed by atoms with Crippen molar-refractivity contribution in [1.82, 2.24) is 20.3 Å². The third-order valence-corrected chi connectivity index (χ3v) is 4.62. The number of fused-ring (bicyclic) bond motifs is 1. The number of methoxy groups -OCH3 is 1. The maximum absolute atomic E-state index is 14.6. The fourth-order valence-corrected chi connectivity index (χ4v) is 3.15. The number of anilines is 2. The van der Waals surface area contributed by atoms with Gasteiger partial charge in [-0.2, -0.15) is 4.39 Å². The molecule has 4 rings (SSSR count). The number of aryl methyl sites for hydroxylation is 1. The molecule has 144 valence electrons. The van der Waals surface area contributed by atoms with E-state index in [1.807, 2.05) is 25.3 Å². The van der Waals surface area contributed by atoms with E-state index >= 15 is 0 Å². The molecular weight excluding hydrogens is 359 g/mol. The smallest absolute Gasteiger partial charge is 0.218 e. The van der Waals surface area contributed by atoms with E-state index in [1.54, 1.807) is 25.4 Å². The second-order valence-electron chi connectivity index (χ2n) is 6.40. The molecule has 1 aliphatic rings. The average Bonchev–Trinajstić information content (AvgIpc) is 3.13. The summed E-state index contributed by atoms with van der Waals surface area (Å²) in [7, 11) is 1.60. The highest BCUT2D eigenvalue weighted by molar-refractivity contribution is 5.55. The largest absolute Gasteiger partial charge is 0.482 e. The summed E-state index contributed by atoms with van der Waals surface area (Å²) >= 11 is 0. The van der Waals surface area contributed by atoms with Gasteiger partial charge in [-0.05, 0) is 30.2 Å². The van der Waals surface area contributed by atoms with E-state index in [1.165, 1.54) is 0 Å². The Morgan fingerprint density at radius 2 is 2.11 bits per heavy atom. The molecule has 8 heteroatoms. The lowest BCUT2D eigenvalue weighted by Gasteiger charge is -2.11. The number of aromatic amines is 1. The van der Waals surface area contributed by atoms with Crippen molar-refractivity contribution in [2.45, 2.75) is 19.8 Å². The number of hydrogen-bond acceptors (Lipinski definition) is 6. The topological polar surface area (TPSA) is 87.2 Å². The van der Waals surface area contributed by atoms with Crippen LogP contribution in [0.25, 0.3) is 5.88 Å². The predicted octanol–water partition coefficient (Wildman–Crippen LogP) is 1.73. The number of hydrogen-bond donors (Lipinski definition) is 3. The Bertz CT molecular complexity index is 1110. The highest BCUT2D eigenvalue weighted by Gasteiger charge is 2.14. The molecule has 0 saturated carbocycles. The quantitative estimate of drug-likeness (QED) is 0.567. The van der Waals surface area contributed by atoms with Crippen molar-refractivity contribution in [3.63, 3.8) is 0 Å². The van der Waals surface area contributed by atoms with E-state index < -0.39 is 5.95 Å². The van der Waals surface area contributed by atoms with Gasteiger partial charge in [0.15, 0.2) is 5.88 Å². The molecule has 0 saturated heterocycles. The number of aromatic nitrogens is 3.